The summed E-state index contributed by atoms with van der Waals surface area (Å²) in [5.74, 6) is 0.442. The van der Waals surface area contributed by atoms with Crippen molar-refractivity contribution in [3.63, 3.8) is 0 Å². The van der Waals surface area contributed by atoms with E-state index in [1.165, 1.54) is 30.4 Å². The van der Waals surface area contributed by atoms with Crippen LogP contribution in [0.2, 0.25) is 0 Å². The summed E-state index contributed by atoms with van der Waals surface area (Å²) in [5, 5.41) is 14.2. The van der Waals surface area contributed by atoms with Crippen molar-refractivity contribution in [2.75, 3.05) is 26.2 Å². The average molecular weight is 314 g/mol. The van der Waals surface area contributed by atoms with Crippen LogP contribution in [0, 0.1) is 5.92 Å². The Labute approximate surface area is 135 Å². The van der Waals surface area contributed by atoms with E-state index in [9.17, 15) is 4.79 Å². The molecule has 1 aromatic heterocycles. The van der Waals surface area contributed by atoms with Crippen molar-refractivity contribution in [1.82, 2.24) is 30.4 Å². The van der Waals surface area contributed by atoms with Crippen LogP contribution >= 0.6 is 0 Å². The number of carbonyl (C=O) groups excluding carboxylic acids is 1. The van der Waals surface area contributed by atoms with Gasteiger partial charge in [0.05, 0.1) is 11.3 Å². The molecule has 0 spiro atoms. The van der Waals surface area contributed by atoms with E-state index >= 15 is 0 Å². The lowest BCUT2D eigenvalue weighted by Gasteiger charge is -2.31. The van der Waals surface area contributed by atoms with E-state index in [4.69, 9.17) is 0 Å². The van der Waals surface area contributed by atoms with E-state index in [0.29, 0.717) is 23.7 Å². The van der Waals surface area contributed by atoms with Crippen molar-refractivity contribution < 1.29 is 4.79 Å². The first-order chi connectivity index (χ1) is 11.3. The molecule has 0 radical (unpaired) electrons. The van der Waals surface area contributed by atoms with E-state index in [2.05, 4.69) is 32.7 Å². The lowest BCUT2D eigenvalue weighted by molar-refractivity contribution is 0.0933. The summed E-state index contributed by atoms with van der Waals surface area (Å²) in [6, 6.07) is 7.35. The van der Waals surface area contributed by atoms with Crippen LogP contribution in [0.4, 0.5) is 0 Å². The van der Waals surface area contributed by atoms with Crippen LogP contribution in [0.15, 0.2) is 30.6 Å². The molecule has 1 fully saturated rings. The zero-order valence-electron chi connectivity index (χ0n) is 13.4. The van der Waals surface area contributed by atoms with E-state index in [1.807, 2.05) is 18.2 Å². The summed E-state index contributed by atoms with van der Waals surface area (Å²) < 4.78 is 1.51. The minimum absolute atomic E-state index is 0.0790. The van der Waals surface area contributed by atoms with Gasteiger partial charge in [0.2, 0.25) is 0 Å². The molecule has 2 aromatic rings. The molecule has 1 aliphatic rings. The summed E-state index contributed by atoms with van der Waals surface area (Å²) in [7, 11) is 0. The number of piperidine rings is 1. The van der Waals surface area contributed by atoms with Gasteiger partial charge in [-0.2, -0.15) is 4.68 Å². The Hall–Kier alpha value is -2.28. The van der Waals surface area contributed by atoms with Gasteiger partial charge in [-0.05, 0) is 54.4 Å². The Balaban J connectivity index is 1.65. The van der Waals surface area contributed by atoms with Crippen molar-refractivity contribution in [2.45, 2.75) is 19.8 Å². The Kier molecular flexibility index (Phi) is 4.97. The largest absolute Gasteiger partial charge is 0.352 e. The molecule has 122 valence electrons. The van der Waals surface area contributed by atoms with Crippen LogP contribution in [0.3, 0.4) is 0 Å². The molecule has 0 unspecified atom stereocenters. The molecular formula is C16H22N6O. The summed E-state index contributed by atoms with van der Waals surface area (Å²) in [6.07, 6.45) is 3.87. The molecule has 7 nitrogen and oxygen atoms in total. The number of rotatable bonds is 5. The number of nitrogens with zero attached hydrogens (tertiary/aromatic N) is 5. The number of nitrogens with one attached hydrogen (secondary N) is 1. The molecule has 3 rings (SSSR count). The number of hydrogen-bond acceptors (Lipinski definition) is 5. The highest BCUT2D eigenvalue weighted by Gasteiger charge is 2.20. The lowest BCUT2D eigenvalue weighted by atomic mass is 9.98. The van der Waals surface area contributed by atoms with Gasteiger partial charge >= 0.3 is 0 Å². The molecule has 1 atom stereocenters. The van der Waals surface area contributed by atoms with Crippen molar-refractivity contribution in [2.24, 2.45) is 5.92 Å². The molecule has 1 saturated heterocycles. The first kappa shape index (κ1) is 15.6. The van der Waals surface area contributed by atoms with Crippen molar-refractivity contribution in [3.8, 4) is 5.69 Å². The predicted molar refractivity (Wildman–Crippen MR) is 86.3 cm³/mol. The normalized spacial score (nSPS) is 18.7. The number of amides is 1. The molecule has 1 N–H and O–H groups in total. The minimum atomic E-state index is -0.0790. The third kappa shape index (κ3) is 3.73. The summed E-state index contributed by atoms with van der Waals surface area (Å²) >= 11 is 0. The highest BCUT2D eigenvalue weighted by molar-refractivity contribution is 5.97. The predicted octanol–water partition coefficient (Wildman–Crippen LogP) is 1.12. The molecule has 23 heavy (non-hydrogen) atoms. The Morgan fingerprint density at radius 2 is 2.26 bits per heavy atom. The van der Waals surface area contributed by atoms with Gasteiger partial charge in [-0.1, -0.05) is 19.1 Å². The van der Waals surface area contributed by atoms with Crippen LogP contribution in [0.1, 0.15) is 30.1 Å². The fourth-order valence-corrected chi connectivity index (χ4v) is 3.07. The second-order valence-corrected chi connectivity index (χ2v) is 5.88. The van der Waals surface area contributed by atoms with Gasteiger partial charge in [-0.25, -0.2) is 0 Å². The summed E-state index contributed by atoms with van der Waals surface area (Å²) in [5.41, 5.74) is 1.27. The van der Waals surface area contributed by atoms with E-state index in [1.54, 1.807) is 6.07 Å². The SMILES string of the molecule is CCN1CCC[C@@H](CNC(=O)c2ccccc2-n2cnnn2)C1. The molecule has 7 heteroatoms. The Morgan fingerprint density at radius 1 is 1.39 bits per heavy atom. The van der Waals surface area contributed by atoms with Crippen LogP contribution in [-0.4, -0.2) is 57.2 Å². The van der Waals surface area contributed by atoms with Crippen LogP contribution in [-0.2, 0) is 0 Å². The maximum Gasteiger partial charge on any atom is 0.253 e. The highest BCUT2D eigenvalue weighted by atomic mass is 16.1. The first-order valence-corrected chi connectivity index (χ1v) is 8.11. The molecule has 0 bridgehead atoms. The topological polar surface area (TPSA) is 75.9 Å². The number of hydrogen-bond donors (Lipinski definition) is 1. The fraction of sp³-hybridized carbons (Fsp3) is 0.500. The van der Waals surface area contributed by atoms with E-state index in [-0.39, 0.29) is 5.91 Å². The third-order valence-electron chi connectivity index (χ3n) is 4.35. The van der Waals surface area contributed by atoms with Crippen LogP contribution in [0.5, 0.6) is 0 Å². The van der Waals surface area contributed by atoms with Crippen LogP contribution < -0.4 is 5.32 Å². The zero-order valence-corrected chi connectivity index (χ0v) is 13.4. The quantitative estimate of drug-likeness (QED) is 0.895. The van der Waals surface area contributed by atoms with Gasteiger partial charge in [0.1, 0.15) is 6.33 Å². The van der Waals surface area contributed by atoms with Gasteiger partial charge in [-0.15, -0.1) is 5.10 Å². The minimum Gasteiger partial charge on any atom is -0.352 e. The maximum absolute atomic E-state index is 12.5. The standard InChI is InChI=1S/C16H22N6O/c1-2-21-9-5-6-13(11-21)10-17-16(23)14-7-3-4-8-15(14)22-12-18-19-20-22/h3-4,7-8,12-13H,2,5-6,9-11H2,1H3,(H,17,23)/t13-/m0/s1. The van der Waals surface area contributed by atoms with Gasteiger partial charge in [-0.3, -0.25) is 4.79 Å². The molecular weight excluding hydrogens is 292 g/mol. The zero-order chi connectivity index (χ0) is 16.1. The molecule has 0 saturated carbocycles. The fourth-order valence-electron chi connectivity index (χ4n) is 3.07. The van der Waals surface area contributed by atoms with Crippen molar-refractivity contribution in [3.05, 3.63) is 36.2 Å². The van der Waals surface area contributed by atoms with Gasteiger partial charge in [0.25, 0.3) is 5.91 Å². The molecule has 2 heterocycles. The number of para-hydroxylation sites is 1. The Morgan fingerprint density at radius 3 is 3.04 bits per heavy atom. The third-order valence-corrected chi connectivity index (χ3v) is 4.35. The van der Waals surface area contributed by atoms with Gasteiger partial charge in [0, 0.05) is 13.1 Å². The van der Waals surface area contributed by atoms with E-state index < -0.39 is 0 Å². The first-order valence-electron chi connectivity index (χ1n) is 8.11. The smallest absolute Gasteiger partial charge is 0.253 e. The van der Waals surface area contributed by atoms with Crippen LogP contribution in [0.25, 0.3) is 5.69 Å². The average Bonchev–Trinajstić information content (AvgIpc) is 3.14. The van der Waals surface area contributed by atoms with Crippen molar-refractivity contribution in [1.29, 1.82) is 0 Å². The maximum atomic E-state index is 12.5. The lowest BCUT2D eigenvalue weighted by Crippen LogP contribution is -2.40. The highest BCUT2D eigenvalue weighted by Crippen LogP contribution is 2.16. The summed E-state index contributed by atoms with van der Waals surface area (Å²) in [6.45, 7) is 6.20. The molecule has 0 aliphatic carbocycles. The number of benzene rings is 1. The number of carbonyl (C=O) groups is 1. The summed E-state index contributed by atoms with van der Waals surface area (Å²) in [4.78, 5) is 15.0. The Bertz CT molecular complexity index is 642. The molecule has 1 amide bonds. The number of aromatic nitrogens is 4. The second-order valence-electron chi connectivity index (χ2n) is 5.88. The van der Waals surface area contributed by atoms with Crippen molar-refractivity contribution >= 4 is 5.91 Å². The van der Waals surface area contributed by atoms with Gasteiger partial charge in [0.15, 0.2) is 0 Å². The second kappa shape index (κ2) is 7.32. The molecule has 1 aromatic carbocycles. The number of tetrazole rings is 1. The van der Waals surface area contributed by atoms with E-state index in [0.717, 1.165) is 13.1 Å². The molecule has 1 aliphatic heterocycles. The number of likely N-dealkylation sites (tertiary alicyclic amines) is 1. The van der Waals surface area contributed by atoms with Gasteiger partial charge < -0.3 is 10.2 Å². The monoisotopic (exact) mass is 314 g/mol.